The second-order valence-corrected chi connectivity index (χ2v) is 9.57. The molecule has 3 heterocycles. The van der Waals surface area contributed by atoms with Gasteiger partial charge in [-0.05, 0) is 42.5 Å². The molecular formula is C20H17ClFN7O2S. The van der Waals surface area contributed by atoms with Crippen LogP contribution in [0.2, 0.25) is 5.02 Å². The summed E-state index contributed by atoms with van der Waals surface area (Å²) >= 11 is 5.96. The number of benzene rings is 2. The Hall–Kier alpha value is -3.15. The highest BCUT2D eigenvalue weighted by Gasteiger charge is 2.30. The molecule has 4 aromatic rings. The molecule has 1 aliphatic heterocycles. The Bertz CT molecular complexity index is 1390. The number of hydrogen-bond acceptors (Lipinski definition) is 7. The van der Waals surface area contributed by atoms with E-state index in [9.17, 15) is 12.8 Å². The summed E-state index contributed by atoms with van der Waals surface area (Å²) in [6.45, 7) is 1.42. The molecule has 5 rings (SSSR count). The molecule has 0 amide bonds. The second-order valence-electron chi connectivity index (χ2n) is 7.20. The molecule has 0 saturated carbocycles. The standard InChI is InChI=1S/C20H17ClFN7O2S/c21-14-2-1-3-17(12-14)32(30,31)28-10-8-27(9-11-28)19-18-20(24-13-23-19)29(26-25-18)16-6-4-15(22)5-7-16/h1-7,12-13H,8-11H2. The van der Waals surface area contributed by atoms with Crippen molar-refractivity contribution >= 4 is 38.6 Å². The molecule has 1 aliphatic rings. The molecule has 2 aromatic heterocycles. The molecular weight excluding hydrogens is 457 g/mol. The Morgan fingerprint density at radius 2 is 1.72 bits per heavy atom. The van der Waals surface area contributed by atoms with Gasteiger partial charge in [-0.25, -0.2) is 22.8 Å². The largest absolute Gasteiger partial charge is 0.352 e. The SMILES string of the molecule is O=S(=O)(c1cccc(Cl)c1)N1CCN(c2ncnc3c2nnn3-c2ccc(F)cc2)CC1. The summed E-state index contributed by atoms with van der Waals surface area (Å²) in [5.41, 5.74) is 1.59. The molecule has 0 radical (unpaired) electrons. The minimum absolute atomic E-state index is 0.171. The van der Waals surface area contributed by atoms with Crippen LogP contribution in [-0.4, -0.2) is 63.9 Å². The third-order valence-electron chi connectivity index (χ3n) is 5.26. The van der Waals surface area contributed by atoms with Crippen LogP contribution in [0.3, 0.4) is 0 Å². The monoisotopic (exact) mass is 473 g/mol. The van der Waals surface area contributed by atoms with Gasteiger partial charge in [-0.2, -0.15) is 8.99 Å². The fraction of sp³-hybridized carbons (Fsp3) is 0.200. The number of halogens is 2. The summed E-state index contributed by atoms with van der Waals surface area (Å²) in [6.07, 6.45) is 1.41. The normalized spacial score (nSPS) is 15.4. The molecule has 9 nitrogen and oxygen atoms in total. The summed E-state index contributed by atoms with van der Waals surface area (Å²) in [5.74, 6) is 0.224. The summed E-state index contributed by atoms with van der Waals surface area (Å²) in [7, 11) is -3.64. The topological polar surface area (TPSA) is 97.1 Å². The first-order chi connectivity index (χ1) is 15.4. The van der Waals surface area contributed by atoms with Crippen molar-refractivity contribution in [3.05, 3.63) is 65.7 Å². The fourth-order valence-electron chi connectivity index (χ4n) is 3.64. The van der Waals surface area contributed by atoms with Gasteiger partial charge in [0.25, 0.3) is 0 Å². The van der Waals surface area contributed by atoms with Gasteiger partial charge in [-0.3, -0.25) is 0 Å². The highest BCUT2D eigenvalue weighted by atomic mass is 35.5. The van der Waals surface area contributed by atoms with Crippen LogP contribution >= 0.6 is 11.6 Å². The maximum atomic E-state index is 13.3. The highest BCUT2D eigenvalue weighted by Crippen LogP contribution is 2.26. The van der Waals surface area contributed by atoms with Gasteiger partial charge in [-0.15, -0.1) is 5.10 Å². The average molecular weight is 474 g/mol. The lowest BCUT2D eigenvalue weighted by molar-refractivity contribution is 0.384. The van der Waals surface area contributed by atoms with E-state index in [0.29, 0.717) is 40.8 Å². The lowest BCUT2D eigenvalue weighted by atomic mass is 10.3. The van der Waals surface area contributed by atoms with E-state index in [1.54, 1.807) is 24.3 Å². The quantitative estimate of drug-likeness (QED) is 0.449. The van der Waals surface area contributed by atoms with Crippen molar-refractivity contribution in [2.75, 3.05) is 31.1 Å². The predicted octanol–water partition coefficient (Wildman–Crippen LogP) is 2.51. The first kappa shape index (κ1) is 20.7. The van der Waals surface area contributed by atoms with Gasteiger partial charge in [0.05, 0.1) is 10.6 Å². The summed E-state index contributed by atoms with van der Waals surface area (Å²) in [4.78, 5) is 10.8. The van der Waals surface area contributed by atoms with Gasteiger partial charge in [0.2, 0.25) is 10.0 Å². The predicted molar refractivity (Wildman–Crippen MR) is 117 cm³/mol. The lowest BCUT2D eigenvalue weighted by Crippen LogP contribution is -2.49. The Balaban J connectivity index is 1.39. The Kier molecular flexibility index (Phi) is 5.24. The molecule has 12 heteroatoms. The van der Waals surface area contributed by atoms with Gasteiger partial charge in [0, 0.05) is 31.2 Å². The lowest BCUT2D eigenvalue weighted by Gasteiger charge is -2.34. The van der Waals surface area contributed by atoms with E-state index in [0.717, 1.165) is 0 Å². The molecule has 1 saturated heterocycles. The van der Waals surface area contributed by atoms with Crippen molar-refractivity contribution in [2.24, 2.45) is 0 Å². The summed E-state index contributed by atoms with van der Waals surface area (Å²) in [5, 5.41) is 8.75. The Morgan fingerprint density at radius 1 is 0.969 bits per heavy atom. The average Bonchev–Trinajstić information content (AvgIpc) is 3.24. The minimum atomic E-state index is -3.64. The zero-order valence-corrected chi connectivity index (χ0v) is 18.2. The van der Waals surface area contributed by atoms with Crippen LogP contribution in [0.15, 0.2) is 59.8 Å². The summed E-state index contributed by atoms with van der Waals surface area (Å²) in [6, 6.07) is 12.1. The zero-order chi connectivity index (χ0) is 22.3. The molecule has 1 fully saturated rings. The Labute approximate surface area is 188 Å². The highest BCUT2D eigenvalue weighted by molar-refractivity contribution is 7.89. The Morgan fingerprint density at radius 3 is 2.44 bits per heavy atom. The van der Waals surface area contributed by atoms with Crippen molar-refractivity contribution in [3.8, 4) is 5.69 Å². The van der Waals surface area contributed by atoms with Crippen molar-refractivity contribution in [1.29, 1.82) is 0 Å². The number of piperazine rings is 1. The molecule has 0 spiro atoms. The smallest absolute Gasteiger partial charge is 0.243 e. The molecule has 0 aliphatic carbocycles. The van der Waals surface area contributed by atoms with Crippen molar-refractivity contribution in [1.82, 2.24) is 29.3 Å². The van der Waals surface area contributed by atoms with Gasteiger partial charge in [0.1, 0.15) is 12.1 Å². The van der Waals surface area contributed by atoms with Crippen LogP contribution < -0.4 is 4.90 Å². The first-order valence-electron chi connectivity index (χ1n) is 9.76. The minimum Gasteiger partial charge on any atom is -0.352 e. The second kappa shape index (κ2) is 8.08. The van der Waals surface area contributed by atoms with Crippen LogP contribution in [0.1, 0.15) is 0 Å². The van der Waals surface area contributed by atoms with Gasteiger partial charge >= 0.3 is 0 Å². The molecule has 0 N–H and O–H groups in total. The molecule has 0 unspecified atom stereocenters. The number of fused-ring (bicyclic) bond motifs is 1. The number of rotatable bonds is 4. The van der Waals surface area contributed by atoms with E-state index in [4.69, 9.17) is 11.6 Å². The maximum Gasteiger partial charge on any atom is 0.243 e. The van der Waals surface area contributed by atoms with E-state index in [1.807, 2.05) is 4.90 Å². The van der Waals surface area contributed by atoms with Crippen molar-refractivity contribution < 1.29 is 12.8 Å². The van der Waals surface area contributed by atoms with E-state index < -0.39 is 10.0 Å². The van der Waals surface area contributed by atoms with Crippen LogP contribution in [0, 0.1) is 5.82 Å². The van der Waals surface area contributed by atoms with E-state index in [1.165, 1.54) is 39.6 Å². The van der Waals surface area contributed by atoms with E-state index >= 15 is 0 Å². The van der Waals surface area contributed by atoms with Crippen molar-refractivity contribution in [3.63, 3.8) is 0 Å². The summed E-state index contributed by atoms with van der Waals surface area (Å²) < 4.78 is 42.1. The van der Waals surface area contributed by atoms with Crippen molar-refractivity contribution in [2.45, 2.75) is 4.90 Å². The number of aromatic nitrogens is 5. The van der Waals surface area contributed by atoms with Crippen LogP contribution in [0.4, 0.5) is 10.2 Å². The molecule has 0 atom stereocenters. The maximum absolute atomic E-state index is 13.3. The number of sulfonamides is 1. The van der Waals surface area contributed by atoms with Gasteiger partial charge < -0.3 is 4.90 Å². The van der Waals surface area contributed by atoms with E-state index in [2.05, 4.69) is 20.3 Å². The molecule has 164 valence electrons. The van der Waals surface area contributed by atoms with Gasteiger partial charge in [-0.1, -0.05) is 22.9 Å². The number of nitrogens with zero attached hydrogens (tertiary/aromatic N) is 7. The number of hydrogen-bond donors (Lipinski definition) is 0. The number of anilines is 1. The molecule has 32 heavy (non-hydrogen) atoms. The molecule has 2 aromatic carbocycles. The van der Waals surface area contributed by atoms with Crippen LogP contribution in [0.5, 0.6) is 0 Å². The third kappa shape index (κ3) is 3.68. The first-order valence-corrected chi connectivity index (χ1v) is 11.6. The fourth-order valence-corrected chi connectivity index (χ4v) is 5.36. The third-order valence-corrected chi connectivity index (χ3v) is 7.39. The van der Waals surface area contributed by atoms with E-state index in [-0.39, 0.29) is 23.8 Å². The van der Waals surface area contributed by atoms with Crippen LogP contribution in [0.25, 0.3) is 16.9 Å². The zero-order valence-electron chi connectivity index (χ0n) is 16.6. The molecule has 0 bridgehead atoms. The van der Waals surface area contributed by atoms with Gasteiger partial charge in [0.15, 0.2) is 17.0 Å². The van der Waals surface area contributed by atoms with Crippen LogP contribution in [-0.2, 0) is 10.0 Å².